The molecule has 0 aliphatic rings. The van der Waals surface area contributed by atoms with Gasteiger partial charge in [0.1, 0.15) is 11.6 Å². The van der Waals surface area contributed by atoms with E-state index < -0.39 is 0 Å². The molecule has 1 N–H and O–H groups in total. The molecular weight excluding hydrogens is 406 g/mol. The van der Waals surface area contributed by atoms with Crippen molar-refractivity contribution >= 4 is 29.0 Å². The summed E-state index contributed by atoms with van der Waals surface area (Å²) in [7, 11) is 0. The lowest BCUT2D eigenvalue weighted by molar-refractivity contribution is -0.120. The highest BCUT2D eigenvalue weighted by atomic mass is 32.2. The first kappa shape index (κ1) is 21.6. The molecular formula is C20H27N5O2S2. The normalized spacial score (nSPS) is 11.3. The molecule has 3 aromatic rings. The number of nitrogens with zero attached hydrogens (tertiary/aromatic N) is 4. The fourth-order valence-corrected chi connectivity index (χ4v) is 4.26. The van der Waals surface area contributed by atoms with E-state index in [1.165, 1.54) is 11.3 Å². The van der Waals surface area contributed by atoms with Crippen LogP contribution >= 0.6 is 23.1 Å². The van der Waals surface area contributed by atoms with E-state index in [0.717, 1.165) is 52.6 Å². The van der Waals surface area contributed by atoms with Gasteiger partial charge in [0, 0.05) is 24.9 Å². The SMILES string of the molecule is CSc1nnc(CCCNC(=O)Cc2csc(-c3ccc(C)o3)n2)n1CC(C)C. The number of carbonyl (C=O) groups excluding carboxylic acids is 1. The Morgan fingerprint density at radius 2 is 2.17 bits per heavy atom. The number of thioether (sulfide) groups is 1. The molecule has 7 nitrogen and oxygen atoms in total. The molecule has 0 radical (unpaired) electrons. The van der Waals surface area contributed by atoms with Gasteiger partial charge in [-0.05, 0) is 37.7 Å². The predicted molar refractivity (Wildman–Crippen MR) is 116 cm³/mol. The fourth-order valence-electron chi connectivity index (χ4n) is 2.96. The van der Waals surface area contributed by atoms with Crippen LogP contribution in [0.5, 0.6) is 0 Å². The maximum Gasteiger partial charge on any atom is 0.226 e. The third-order valence-electron chi connectivity index (χ3n) is 4.27. The van der Waals surface area contributed by atoms with Gasteiger partial charge in [-0.25, -0.2) is 4.98 Å². The van der Waals surface area contributed by atoms with Crippen LogP contribution in [-0.2, 0) is 24.2 Å². The van der Waals surface area contributed by atoms with Crippen LogP contribution in [-0.4, -0.2) is 38.5 Å². The van der Waals surface area contributed by atoms with Gasteiger partial charge in [0.15, 0.2) is 15.9 Å². The first-order valence-electron chi connectivity index (χ1n) is 9.70. The Balaban J connectivity index is 1.45. The molecule has 1 amide bonds. The highest BCUT2D eigenvalue weighted by Gasteiger charge is 2.13. The van der Waals surface area contributed by atoms with Gasteiger partial charge in [-0.3, -0.25) is 4.79 Å². The molecule has 0 aliphatic heterocycles. The molecule has 0 saturated carbocycles. The van der Waals surface area contributed by atoms with Crippen molar-refractivity contribution in [1.29, 1.82) is 0 Å². The van der Waals surface area contributed by atoms with Crippen LogP contribution in [0.2, 0.25) is 0 Å². The quantitative estimate of drug-likeness (QED) is 0.385. The minimum atomic E-state index is -0.0223. The molecule has 9 heteroatoms. The molecule has 0 saturated heterocycles. The summed E-state index contributed by atoms with van der Waals surface area (Å²) in [6, 6.07) is 3.81. The van der Waals surface area contributed by atoms with E-state index in [1.807, 2.05) is 30.7 Å². The monoisotopic (exact) mass is 433 g/mol. The van der Waals surface area contributed by atoms with Crippen LogP contribution in [0, 0.1) is 12.8 Å². The highest BCUT2D eigenvalue weighted by Crippen LogP contribution is 2.25. The van der Waals surface area contributed by atoms with Crippen molar-refractivity contribution in [2.45, 2.75) is 51.7 Å². The van der Waals surface area contributed by atoms with Gasteiger partial charge in [-0.1, -0.05) is 25.6 Å². The molecule has 0 unspecified atom stereocenters. The maximum absolute atomic E-state index is 12.2. The second kappa shape index (κ2) is 10.1. The minimum Gasteiger partial charge on any atom is -0.459 e. The van der Waals surface area contributed by atoms with Crippen molar-refractivity contribution in [1.82, 2.24) is 25.1 Å². The van der Waals surface area contributed by atoms with E-state index in [9.17, 15) is 4.79 Å². The van der Waals surface area contributed by atoms with Crippen molar-refractivity contribution in [3.05, 3.63) is 34.8 Å². The van der Waals surface area contributed by atoms with Crippen LogP contribution in [0.3, 0.4) is 0 Å². The lowest BCUT2D eigenvalue weighted by Gasteiger charge is -2.11. The summed E-state index contributed by atoms with van der Waals surface area (Å²) in [5.41, 5.74) is 0.762. The Labute approximate surface area is 179 Å². The number of amides is 1. The van der Waals surface area contributed by atoms with Gasteiger partial charge in [0.05, 0.1) is 12.1 Å². The Bertz CT molecular complexity index is 944. The van der Waals surface area contributed by atoms with E-state index in [2.05, 4.69) is 38.9 Å². The number of nitrogens with one attached hydrogen (secondary N) is 1. The highest BCUT2D eigenvalue weighted by molar-refractivity contribution is 7.98. The number of hydrogen-bond donors (Lipinski definition) is 1. The Hall–Kier alpha value is -2.13. The van der Waals surface area contributed by atoms with Crippen molar-refractivity contribution in [2.24, 2.45) is 5.92 Å². The minimum absolute atomic E-state index is 0.0223. The number of carbonyl (C=O) groups is 1. The molecule has 0 aliphatic carbocycles. The Kier molecular flexibility index (Phi) is 7.49. The Morgan fingerprint density at radius 1 is 1.34 bits per heavy atom. The van der Waals surface area contributed by atoms with Gasteiger partial charge in [0.2, 0.25) is 5.91 Å². The standard InChI is InChI=1S/C20H27N5O2S2/c1-13(2)11-25-17(23-24-20(25)28-4)6-5-9-21-18(26)10-15-12-29-19(22-15)16-8-7-14(3)27-16/h7-8,12-13H,5-6,9-11H2,1-4H3,(H,21,26). The smallest absolute Gasteiger partial charge is 0.226 e. The third kappa shape index (κ3) is 5.93. The maximum atomic E-state index is 12.2. The zero-order valence-corrected chi connectivity index (χ0v) is 18.9. The lowest BCUT2D eigenvalue weighted by atomic mass is 10.2. The molecule has 0 spiro atoms. The number of rotatable bonds is 10. The van der Waals surface area contributed by atoms with Crippen molar-refractivity contribution in [3.63, 3.8) is 0 Å². The van der Waals surface area contributed by atoms with Crippen LogP contribution < -0.4 is 5.32 Å². The average Bonchev–Trinajstić information content (AvgIpc) is 3.39. The molecule has 0 fully saturated rings. The molecule has 0 bridgehead atoms. The number of thiazole rings is 1. The molecule has 3 rings (SSSR count). The number of furan rings is 1. The summed E-state index contributed by atoms with van der Waals surface area (Å²) < 4.78 is 7.77. The van der Waals surface area contributed by atoms with E-state index >= 15 is 0 Å². The Morgan fingerprint density at radius 3 is 2.86 bits per heavy atom. The van der Waals surface area contributed by atoms with E-state index in [0.29, 0.717) is 12.5 Å². The van der Waals surface area contributed by atoms with E-state index in [1.54, 1.807) is 11.8 Å². The van der Waals surface area contributed by atoms with Crippen molar-refractivity contribution in [2.75, 3.05) is 12.8 Å². The molecule has 3 aromatic heterocycles. The summed E-state index contributed by atoms with van der Waals surface area (Å²) in [4.78, 5) is 16.7. The van der Waals surface area contributed by atoms with Gasteiger partial charge >= 0.3 is 0 Å². The van der Waals surface area contributed by atoms with E-state index in [-0.39, 0.29) is 12.3 Å². The van der Waals surface area contributed by atoms with Crippen molar-refractivity contribution in [3.8, 4) is 10.8 Å². The summed E-state index contributed by atoms with van der Waals surface area (Å²) in [5.74, 6) is 3.09. The van der Waals surface area contributed by atoms with E-state index in [4.69, 9.17) is 4.42 Å². The molecule has 0 aromatic carbocycles. The number of aromatic nitrogens is 4. The second-order valence-electron chi connectivity index (χ2n) is 7.29. The van der Waals surface area contributed by atoms with Crippen LogP contribution in [0.25, 0.3) is 10.8 Å². The zero-order chi connectivity index (χ0) is 20.8. The number of hydrogen-bond acceptors (Lipinski definition) is 7. The van der Waals surface area contributed by atoms with Crippen LogP contribution in [0.15, 0.2) is 27.1 Å². The van der Waals surface area contributed by atoms with Crippen LogP contribution in [0.1, 0.15) is 37.5 Å². The van der Waals surface area contributed by atoms with Gasteiger partial charge in [-0.15, -0.1) is 21.5 Å². The van der Waals surface area contributed by atoms with Gasteiger partial charge in [-0.2, -0.15) is 0 Å². The summed E-state index contributed by atoms with van der Waals surface area (Å²) >= 11 is 3.10. The molecule has 0 atom stereocenters. The summed E-state index contributed by atoms with van der Waals surface area (Å²) in [6.07, 6.45) is 3.90. The summed E-state index contributed by atoms with van der Waals surface area (Å²) in [5, 5.41) is 15.2. The number of aryl methyl sites for hydroxylation is 2. The largest absolute Gasteiger partial charge is 0.459 e. The molecule has 156 valence electrons. The first-order valence-corrected chi connectivity index (χ1v) is 11.8. The van der Waals surface area contributed by atoms with Crippen LogP contribution in [0.4, 0.5) is 0 Å². The molecule has 29 heavy (non-hydrogen) atoms. The topological polar surface area (TPSA) is 85.8 Å². The van der Waals surface area contributed by atoms with Crippen molar-refractivity contribution < 1.29 is 9.21 Å². The lowest BCUT2D eigenvalue weighted by Crippen LogP contribution is -2.26. The third-order valence-corrected chi connectivity index (χ3v) is 5.84. The second-order valence-corrected chi connectivity index (χ2v) is 8.92. The zero-order valence-electron chi connectivity index (χ0n) is 17.3. The van der Waals surface area contributed by atoms with Gasteiger partial charge in [0.25, 0.3) is 0 Å². The average molecular weight is 434 g/mol. The van der Waals surface area contributed by atoms with Gasteiger partial charge < -0.3 is 14.3 Å². The molecule has 3 heterocycles. The fraction of sp³-hybridized carbons (Fsp3) is 0.500. The summed E-state index contributed by atoms with van der Waals surface area (Å²) in [6.45, 7) is 7.79. The first-order chi connectivity index (χ1) is 14.0. The predicted octanol–water partition coefficient (Wildman–Crippen LogP) is 3.97.